The van der Waals surface area contributed by atoms with Gasteiger partial charge >= 0.3 is 0 Å². The number of aromatic nitrogens is 2. The van der Waals surface area contributed by atoms with Crippen LogP contribution in [0, 0.1) is 20.8 Å². The van der Waals surface area contributed by atoms with Gasteiger partial charge in [0, 0.05) is 18.3 Å². The summed E-state index contributed by atoms with van der Waals surface area (Å²) < 4.78 is 1.84. The summed E-state index contributed by atoms with van der Waals surface area (Å²) in [6.45, 7) is 6.50. The summed E-state index contributed by atoms with van der Waals surface area (Å²) in [6, 6.07) is 7.85. The Morgan fingerprint density at radius 2 is 1.95 bits per heavy atom. The van der Waals surface area contributed by atoms with Gasteiger partial charge in [0.05, 0.1) is 5.69 Å². The number of nitrogens with one attached hydrogen (secondary N) is 1. The van der Waals surface area contributed by atoms with Crippen LogP contribution in [0.25, 0.3) is 5.69 Å². The predicted molar refractivity (Wildman–Crippen MR) is 76.8 cm³/mol. The molecule has 1 aromatic heterocycles. The lowest BCUT2D eigenvalue weighted by atomic mass is 10.1. The van der Waals surface area contributed by atoms with Gasteiger partial charge in [-0.15, -0.1) is 0 Å². The second-order valence-corrected chi connectivity index (χ2v) is 4.83. The van der Waals surface area contributed by atoms with E-state index in [1.807, 2.05) is 24.7 Å². The summed E-state index contributed by atoms with van der Waals surface area (Å²) in [7, 11) is 1.81. The lowest BCUT2D eigenvalue weighted by molar-refractivity contribution is 0.702. The van der Waals surface area contributed by atoms with Crippen LogP contribution in [0.4, 0.5) is 0 Å². The molecular formula is C15H19N3O. The second kappa shape index (κ2) is 5.36. The molecule has 4 heteroatoms. The van der Waals surface area contributed by atoms with Crippen molar-refractivity contribution in [1.82, 2.24) is 15.1 Å². The standard InChI is InChI=1S/C15H19N3O/c1-10-5-6-14(11(2)7-10)18-12(3)8-15(19)13(17-18)9-16-4/h5-8,16H,9H2,1-4H3. The number of hydrogen-bond donors (Lipinski definition) is 1. The highest BCUT2D eigenvalue weighted by Crippen LogP contribution is 2.15. The van der Waals surface area contributed by atoms with Crippen LogP contribution in [-0.2, 0) is 6.54 Å². The van der Waals surface area contributed by atoms with E-state index in [1.165, 1.54) is 5.56 Å². The minimum atomic E-state index is -0.0205. The summed E-state index contributed by atoms with van der Waals surface area (Å²) in [5.41, 5.74) is 4.74. The maximum absolute atomic E-state index is 11.8. The molecule has 4 nitrogen and oxygen atoms in total. The van der Waals surface area contributed by atoms with Gasteiger partial charge in [-0.1, -0.05) is 17.7 Å². The topological polar surface area (TPSA) is 46.9 Å². The Morgan fingerprint density at radius 1 is 1.21 bits per heavy atom. The predicted octanol–water partition coefficient (Wildman–Crippen LogP) is 1.88. The van der Waals surface area contributed by atoms with Crippen LogP contribution in [0.1, 0.15) is 22.5 Å². The van der Waals surface area contributed by atoms with E-state index in [9.17, 15) is 4.79 Å². The normalized spacial score (nSPS) is 10.7. The van der Waals surface area contributed by atoms with Crippen LogP contribution >= 0.6 is 0 Å². The largest absolute Gasteiger partial charge is 0.314 e. The van der Waals surface area contributed by atoms with E-state index in [1.54, 1.807) is 6.07 Å². The molecule has 0 spiro atoms. The van der Waals surface area contributed by atoms with E-state index in [4.69, 9.17) is 0 Å². The van der Waals surface area contributed by atoms with E-state index < -0.39 is 0 Å². The highest BCUT2D eigenvalue weighted by Gasteiger charge is 2.08. The van der Waals surface area contributed by atoms with Gasteiger partial charge in [-0.05, 0) is 39.4 Å². The Bertz CT molecular complexity index is 659. The van der Waals surface area contributed by atoms with E-state index in [-0.39, 0.29) is 5.43 Å². The lowest BCUT2D eigenvalue weighted by Crippen LogP contribution is -2.23. The van der Waals surface area contributed by atoms with Crippen molar-refractivity contribution in [3.63, 3.8) is 0 Å². The average Bonchev–Trinajstić information content (AvgIpc) is 2.34. The summed E-state index contributed by atoms with van der Waals surface area (Å²) in [5, 5.41) is 7.43. The van der Waals surface area contributed by atoms with Gasteiger partial charge in [0.1, 0.15) is 5.69 Å². The molecule has 19 heavy (non-hydrogen) atoms. The van der Waals surface area contributed by atoms with E-state index >= 15 is 0 Å². The minimum absolute atomic E-state index is 0.0205. The molecule has 0 saturated heterocycles. The fourth-order valence-electron chi connectivity index (χ4n) is 2.16. The van der Waals surface area contributed by atoms with Crippen molar-refractivity contribution >= 4 is 0 Å². The molecule has 0 atom stereocenters. The first kappa shape index (κ1) is 13.5. The van der Waals surface area contributed by atoms with Crippen molar-refractivity contribution < 1.29 is 0 Å². The molecule has 0 bridgehead atoms. The molecule has 2 rings (SSSR count). The van der Waals surface area contributed by atoms with Gasteiger partial charge in [0.15, 0.2) is 0 Å². The molecule has 0 aliphatic heterocycles. The van der Waals surface area contributed by atoms with Gasteiger partial charge in [-0.25, -0.2) is 4.68 Å². The maximum atomic E-state index is 11.8. The van der Waals surface area contributed by atoms with E-state index in [0.717, 1.165) is 16.9 Å². The third-order valence-corrected chi connectivity index (χ3v) is 3.10. The van der Waals surface area contributed by atoms with Crippen LogP contribution in [0.2, 0.25) is 0 Å². The molecule has 0 aliphatic rings. The zero-order valence-corrected chi connectivity index (χ0v) is 11.8. The average molecular weight is 257 g/mol. The van der Waals surface area contributed by atoms with Crippen molar-refractivity contribution in [2.24, 2.45) is 0 Å². The Labute approximate surface area is 113 Å². The molecule has 1 heterocycles. The lowest BCUT2D eigenvalue weighted by Gasteiger charge is -2.14. The van der Waals surface area contributed by atoms with Crippen LogP contribution < -0.4 is 10.7 Å². The minimum Gasteiger partial charge on any atom is -0.314 e. The summed E-state index contributed by atoms with van der Waals surface area (Å²) in [6.07, 6.45) is 0. The van der Waals surface area contributed by atoms with Crippen molar-refractivity contribution in [2.75, 3.05) is 7.05 Å². The molecule has 0 saturated carbocycles. The van der Waals surface area contributed by atoms with E-state index in [0.29, 0.717) is 12.2 Å². The van der Waals surface area contributed by atoms with Gasteiger partial charge < -0.3 is 5.32 Å². The first-order valence-electron chi connectivity index (χ1n) is 6.35. The van der Waals surface area contributed by atoms with Crippen molar-refractivity contribution in [3.8, 4) is 5.69 Å². The highest BCUT2D eigenvalue weighted by atomic mass is 16.1. The van der Waals surface area contributed by atoms with E-state index in [2.05, 4.69) is 36.4 Å². The Hall–Kier alpha value is -1.94. The fourth-order valence-corrected chi connectivity index (χ4v) is 2.16. The number of nitrogens with zero attached hydrogens (tertiary/aromatic N) is 2. The quantitative estimate of drug-likeness (QED) is 0.913. The second-order valence-electron chi connectivity index (χ2n) is 4.83. The Kier molecular flexibility index (Phi) is 3.81. The first-order chi connectivity index (χ1) is 9.02. The third kappa shape index (κ3) is 2.74. The van der Waals surface area contributed by atoms with Crippen LogP contribution in [0.15, 0.2) is 29.1 Å². The van der Waals surface area contributed by atoms with Crippen LogP contribution in [0.5, 0.6) is 0 Å². The first-order valence-corrected chi connectivity index (χ1v) is 6.35. The van der Waals surface area contributed by atoms with Crippen molar-refractivity contribution in [2.45, 2.75) is 27.3 Å². The van der Waals surface area contributed by atoms with Crippen molar-refractivity contribution in [3.05, 3.63) is 57.0 Å². The summed E-state index contributed by atoms with van der Waals surface area (Å²) in [5.74, 6) is 0. The monoisotopic (exact) mass is 257 g/mol. The molecule has 0 aliphatic carbocycles. The molecule has 0 unspecified atom stereocenters. The number of hydrogen-bond acceptors (Lipinski definition) is 3. The smallest absolute Gasteiger partial charge is 0.204 e. The third-order valence-electron chi connectivity index (χ3n) is 3.10. The molecule has 0 radical (unpaired) electrons. The van der Waals surface area contributed by atoms with Crippen LogP contribution in [0.3, 0.4) is 0 Å². The summed E-state index contributed by atoms with van der Waals surface area (Å²) >= 11 is 0. The van der Waals surface area contributed by atoms with Crippen molar-refractivity contribution in [1.29, 1.82) is 0 Å². The Morgan fingerprint density at radius 3 is 2.58 bits per heavy atom. The maximum Gasteiger partial charge on any atom is 0.204 e. The molecule has 2 aromatic rings. The number of aryl methyl sites for hydroxylation is 3. The highest BCUT2D eigenvalue weighted by molar-refractivity contribution is 5.42. The molecule has 1 N–H and O–H groups in total. The molecular weight excluding hydrogens is 238 g/mol. The molecule has 1 aromatic carbocycles. The van der Waals surface area contributed by atoms with Gasteiger partial charge in [-0.2, -0.15) is 5.10 Å². The van der Waals surface area contributed by atoms with Crippen LogP contribution in [-0.4, -0.2) is 16.8 Å². The number of rotatable bonds is 3. The SMILES string of the molecule is CNCc1nn(-c2ccc(C)cc2C)c(C)cc1=O. The number of benzene rings is 1. The van der Waals surface area contributed by atoms with Gasteiger partial charge in [0.25, 0.3) is 0 Å². The van der Waals surface area contributed by atoms with Gasteiger partial charge in [0.2, 0.25) is 5.43 Å². The summed E-state index contributed by atoms with van der Waals surface area (Å²) in [4.78, 5) is 11.8. The zero-order chi connectivity index (χ0) is 14.0. The molecule has 0 amide bonds. The fraction of sp³-hybridized carbons (Fsp3) is 0.333. The molecule has 100 valence electrons. The Balaban J connectivity index is 2.61. The molecule has 0 fully saturated rings. The zero-order valence-electron chi connectivity index (χ0n) is 11.8. The van der Waals surface area contributed by atoms with Gasteiger partial charge in [-0.3, -0.25) is 4.79 Å².